The SMILES string of the molecule is NC(=S)c1ccccc1S(=O)(=O)Nc1ccc(Br)c(F)c1. The van der Waals surface area contributed by atoms with Crippen LogP contribution in [0.5, 0.6) is 0 Å². The van der Waals surface area contributed by atoms with E-state index >= 15 is 0 Å². The Morgan fingerprint density at radius 2 is 1.90 bits per heavy atom. The Morgan fingerprint density at radius 1 is 1.24 bits per heavy atom. The van der Waals surface area contributed by atoms with Gasteiger partial charge in [0.1, 0.15) is 10.8 Å². The van der Waals surface area contributed by atoms with E-state index in [1.807, 2.05) is 0 Å². The lowest BCUT2D eigenvalue weighted by molar-refractivity contribution is 0.601. The Bertz CT molecular complexity index is 810. The third-order valence-electron chi connectivity index (χ3n) is 2.61. The normalized spacial score (nSPS) is 11.1. The number of hydrogen-bond acceptors (Lipinski definition) is 3. The summed E-state index contributed by atoms with van der Waals surface area (Å²) in [5, 5.41) is 0. The molecule has 0 radical (unpaired) electrons. The van der Waals surface area contributed by atoms with Crippen LogP contribution < -0.4 is 10.5 Å². The topological polar surface area (TPSA) is 72.2 Å². The molecule has 8 heteroatoms. The fourth-order valence-corrected chi connectivity index (χ4v) is 3.44. The first-order chi connectivity index (χ1) is 9.81. The highest BCUT2D eigenvalue weighted by Gasteiger charge is 2.19. The van der Waals surface area contributed by atoms with Gasteiger partial charge < -0.3 is 5.73 Å². The second-order valence-electron chi connectivity index (χ2n) is 4.09. The largest absolute Gasteiger partial charge is 0.389 e. The summed E-state index contributed by atoms with van der Waals surface area (Å²) >= 11 is 7.84. The van der Waals surface area contributed by atoms with Gasteiger partial charge in [-0.2, -0.15) is 0 Å². The highest BCUT2D eigenvalue weighted by Crippen LogP contribution is 2.23. The first-order valence-electron chi connectivity index (χ1n) is 5.68. The number of thiocarbonyl (C=S) groups is 1. The molecule has 0 unspecified atom stereocenters. The molecule has 0 heterocycles. The number of halogens is 2. The first kappa shape index (κ1) is 15.9. The number of nitrogens with two attached hydrogens (primary N) is 1. The molecule has 2 aromatic carbocycles. The molecule has 0 saturated carbocycles. The second kappa shape index (κ2) is 6.08. The Labute approximate surface area is 135 Å². The molecule has 0 aliphatic rings. The monoisotopic (exact) mass is 388 g/mol. The fourth-order valence-electron chi connectivity index (χ4n) is 1.67. The van der Waals surface area contributed by atoms with Crippen LogP contribution in [0.2, 0.25) is 0 Å². The standard InChI is InChI=1S/C13H10BrFN2O2S2/c14-10-6-5-8(7-11(10)15)17-21(18,19)12-4-2-1-3-9(12)13(16)20/h1-7,17H,(H2,16,20). The van der Waals surface area contributed by atoms with Crippen LogP contribution in [0.25, 0.3) is 0 Å². The van der Waals surface area contributed by atoms with E-state index in [9.17, 15) is 12.8 Å². The molecule has 2 rings (SSSR count). The predicted octanol–water partition coefficient (Wildman–Crippen LogP) is 3.02. The Hall–Kier alpha value is -1.51. The molecule has 0 amide bonds. The lowest BCUT2D eigenvalue weighted by Crippen LogP contribution is -2.19. The van der Waals surface area contributed by atoms with Gasteiger partial charge in [-0.05, 0) is 40.2 Å². The molecule has 110 valence electrons. The predicted molar refractivity (Wildman–Crippen MR) is 87.2 cm³/mol. The summed E-state index contributed by atoms with van der Waals surface area (Å²) in [4.78, 5) is -0.0845. The molecule has 4 nitrogen and oxygen atoms in total. The molecule has 0 bridgehead atoms. The summed E-state index contributed by atoms with van der Waals surface area (Å²) in [5.74, 6) is -0.571. The zero-order valence-electron chi connectivity index (χ0n) is 10.5. The minimum Gasteiger partial charge on any atom is -0.389 e. The second-order valence-corrected chi connectivity index (χ2v) is 7.04. The first-order valence-corrected chi connectivity index (χ1v) is 8.36. The molecule has 0 spiro atoms. The lowest BCUT2D eigenvalue weighted by Gasteiger charge is -2.11. The van der Waals surface area contributed by atoms with Gasteiger partial charge in [0.05, 0.1) is 15.1 Å². The van der Waals surface area contributed by atoms with Crippen LogP contribution in [-0.2, 0) is 10.0 Å². The van der Waals surface area contributed by atoms with Crippen molar-refractivity contribution in [2.45, 2.75) is 4.90 Å². The Balaban J connectivity index is 2.43. The van der Waals surface area contributed by atoms with E-state index in [0.717, 1.165) is 6.07 Å². The fraction of sp³-hybridized carbons (Fsp3) is 0. The molecule has 21 heavy (non-hydrogen) atoms. The average Bonchev–Trinajstić information content (AvgIpc) is 2.42. The number of sulfonamides is 1. The summed E-state index contributed by atoms with van der Waals surface area (Å²) in [6.07, 6.45) is 0. The molecule has 0 fully saturated rings. The van der Waals surface area contributed by atoms with Gasteiger partial charge in [0, 0.05) is 5.56 Å². The molecule has 2 aromatic rings. The van der Waals surface area contributed by atoms with Gasteiger partial charge in [0.15, 0.2) is 0 Å². The summed E-state index contributed by atoms with van der Waals surface area (Å²) in [6.45, 7) is 0. The Kier molecular flexibility index (Phi) is 4.60. The summed E-state index contributed by atoms with van der Waals surface area (Å²) in [6, 6.07) is 10.0. The molecular weight excluding hydrogens is 379 g/mol. The van der Waals surface area contributed by atoms with Crippen LogP contribution in [0.15, 0.2) is 51.8 Å². The number of rotatable bonds is 4. The summed E-state index contributed by atoms with van der Waals surface area (Å²) < 4.78 is 40.7. The van der Waals surface area contributed by atoms with Crippen LogP contribution in [-0.4, -0.2) is 13.4 Å². The Morgan fingerprint density at radius 3 is 2.52 bits per heavy atom. The van der Waals surface area contributed by atoms with Gasteiger partial charge in [0.25, 0.3) is 10.0 Å². The van der Waals surface area contributed by atoms with Crippen molar-refractivity contribution in [2.24, 2.45) is 5.73 Å². The molecule has 0 saturated heterocycles. The molecule has 0 aromatic heterocycles. The van der Waals surface area contributed by atoms with Crippen LogP contribution in [0.1, 0.15) is 5.56 Å². The van der Waals surface area contributed by atoms with Crippen molar-refractivity contribution in [2.75, 3.05) is 4.72 Å². The summed E-state index contributed by atoms with van der Waals surface area (Å²) in [5.41, 5.74) is 5.86. The van der Waals surface area contributed by atoms with Crippen LogP contribution in [0, 0.1) is 5.82 Å². The zero-order valence-corrected chi connectivity index (χ0v) is 13.7. The number of benzene rings is 2. The van der Waals surface area contributed by atoms with E-state index in [-0.39, 0.29) is 25.6 Å². The minimum atomic E-state index is -3.92. The molecular formula is C13H10BrFN2O2S2. The molecule has 0 aliphatic carbocycles. The smallest absolute Gasteiger partial charge is 0.262 e. The number of nitrogens with one attached hydrogen (secondary N) is 1. The van der Waals surface area contributed by atoms with Gasteiger partial charge in [-0.3, -0.25) is 4.72 Å². The van der Waals surface area contributed by atoms with E-state index in [1.165, 1.54) is 24.3 Å². The molecule has 0 aliphatic heterocycles. The van der Waals surface area contributed by atoms with Gasteiger partial charge >= 0.3 is 0 Å². The lowest BCUT2D eigenvalue weighted by atomic mass is 10.2. The van der Waals surface area contributed by atoms with Crippen molar-refractivity contribution in [3.05, 3.63) is 58.3 Å². The average molecular weight is 389 g/mol. The third-order valence-corrected chi connectivity index (χ3v) is 4.92. The van der Waals surface area contributed by atoms with Gasteiger partial charge in [-0.25, -0.2) is 12.8 Å². The van der Waals surface area contributed by atoms with Crippen LogP contribution in [0.4, 0.5) is 10.1 Å². The van der Waals surface area contributed by atoms with E-state index in [0.29, 0.717) is 0 Å². The van der Waals surface area contributed by atoms with Gasteiger partial charge in [-0.1, -0.05) is 30.4 Å². The minimum absolute atomic E-state index is 0.0297. The van der Waals surface area contributed by atoms with Crippen molar-refractivity contribution in [1.82, 2.24) is 0 Å². The van der Waals surface area contributed by atoms with Crippen molar-refractivity contribution in [1.29, 1.82) is 0 Å². The van der Waals surface area contributed by atoms with E-state index in [4.69, 9.17) is 18.0 Å². The van der Waals surface area contributed by atoms with E-state index < -0.39 is 15.8 Å². The highest BCUT2D eigenvalue weighted by atomic mass is 79.9. The maximum absolute atomic E-state index is 13.4. The summed E-state index contributed by atoms with van der Waals surface area (Å²) in [7, 11) is -3.92. The van der Waals surface area contributed by atoms with Crippen LogP contribution in [0.3, 0.4) is 0 Å². The van der Waals surface area contributed by atoms with Crippen molar-refractivity contribution in [3.8, 4) is 0 Å². The number of anilines is 1. The van der Waals surface area contributed by atoms with Gasteiger partial charge in [-0.15, -0.1) is 0 Å². The maximum Gasteiger partial charge on any atom is 0.262 e. The van der Waals surface area contributed by atoms with Crippen molar-refractivity contribution in [3.63, 3.8) is 0 Å². The third kappa shape index (κ3) is 3.58. The quantitative estimate of drug-likeness (QED) is 0.789. The number of hydrogen-bond donors (Lipinski definition) is 2. The highest BCUT2D eigenvalue weighted by molar-refractivity contribution is 9.10. The van der Waals surface area contributed by atoms with Crippen molar-refractivity contribution >= 4 is 48.8 Å². The molecule has 0 atom stereocenters. The molecule has 3 N–H and O–H groups in total. The van der Waals surface area contributed by atoms with Crippen molar-refractivity contribution < 1.29 is 12.8 Å². The van der Waals surface area contributed by atoms with E-state index in [1.54, 1.807) is 12.1 Å². The zero-order chi connectivity index (χ0) is 15.6. The van der Waals surface area contributed by atoms with E-state index in [2.05, 4.69) is 20.7 Å². The maximum atomic E-state index is 13.4. The van der Waals surface area contributed by atoms with Crippen LogP contribution >= 0.6 is 28.1 Å². The van der Waals surface area contributed by atoms with Gasteiger partial charge in [0.2, 0.25) is 0 Å².